The number of aliphatic hydroxyl groups excluding tert-OH is 1. The highest BCUT2D eigenvalue weighted by Gasteiger charge is 2.13. The minimum atomic E-state index is -0.150. The van der Waals surface area contributed by atoms with Gasteiger partial charge >= 0.3 is 0 Å². The van der Waals surface area contributed by atoms with Crippen LogP contribution < -0.4 is 10.6 Å². The summed E-state index contributed by atoms with van der Waals surface area (Å²) >= 11 is 0. The van der Waals surface area contributed by atoms with Crippen LogP contribution in [0.5, 0.6) is 0 Å². The van der Waals surface area contributed by atoms with Gasteiger partial charge in [-0.2, -0.15) is 4.98 Å². The molecule has 2 aromatic heterocycles. The smallest absolute Gasteiger partial charge is 0.225 e. The van der Waals surface area contributed by atoms with Crippen molar-refractivity contribution in [2.75, 3.05) is 17.2 Å². The second-order valence-electron chi connectivity index (χ2n) is 7.88. The first kappa shape index (κ1) is 19.8. The zero-order valence-corrected chi connectivity index (χ0v) is 16.8. The summed E-state index contributed by atoms with van der Waals surface area (Å²) in [4.78, 5) is 13.3. The second-order valence-corrected chi connectivity index (χ2v) is 7.88. The van der Waals surface area contributed by atoms with E-state index in [4.69, 9.17) is 0 Å². The molecule has 146 valence electrons. The van der Waals surface area contributed by atoms with Crippen molar-refractivity contribution in [1.29, 1.82) is 0 Å². The fraction of sp³-hybridized carbons (Fsp3) is 0.318. The van der Waals surface area contributed by atoms with Gasteiger partial charge in [0, 0.05) is 35.8 Å². The number of nitrogens with zero attached hydrogens (tertiary/aromatic N) is 3. The molecule has 0 aliphatic heterocycles. The minimum absolute atomic E-state index is 0.00247. The number of pyridine rings is 1. The number of nitrogens with one attached hydrogen (secondary N) is 2. The van der Waals surface area contributed by atoms with Gasteiger partial charge in [0.15, 0.2) is 0 Å². The van der Waals surface area contributed by atoms with Crippen molar-refractivity contribution in [1.82, 2.24) is 15.0 Å². The SMILES string of the molecule is C[C@@H](CO)Nc1nc(Nc2ccc(C(C)(C)C)cc2)cc(-c2cccnc2)n1. The average Bonchev–Trinajstić information content (AvgIpc) is 2.68. The standard InChI is InChI=1S/C22H27N5O/c1-15(14-28)24-21-26-19(16-6-5-11-23-13-16)12-20(27-21)25-18-9-7-17(8-10-18)22(2,3)4/h5-13,15,28H,14H2,1-4H3,(H2,24,25,26,27)/t15-/m0/s1. The van der Waals surface area contributed by atoms with E-state index < -0.39 is 0 Å². The van der Waals surface area contributed by atoms with Gasteiger partial charge in [0.25, 0.3) is 0 Å². The lowest BCUT2D eigenvalue weighted by Crippen LogP contribution is -2.21. The average molecular weight is 377 g/mol. The molecule has 0 saturated heterocycles. The van der Waals surface area contributed by atoms with Crippen molar-refractivity contribution in [2.24, 2.45) is 0 Å². The van der Waals surface area contributed by atoms with Crippen LogP contribution in [0.25, 0.3) is 11.3 Å². The van der Waals surface area contributed by atoms with Gasteiger partial charge in [0.1, 0.15) is 5.82 Å². The van der Waals surface area contributed by atoms with Gasteiger partial charge in [0.2, 0.25) is 5.95 Å². The molecule has 3 aromatic rings. The Kier molecular flexibility index (Phi) is 5.90. The van der Waals surface area contributed by atoms with Crippen LogP contribution in [-0.4, -0.2) is 32.7 Å². The van der Waals surface area contributed by atoms with Crippen LogP contribution >= 0.6 is 0 Å². The van der Waals surface area contributed by atoms with E-state index >= 15 is 0 Å². The first-order valence-electron chi connectivity index (χ1n) is 9.39. The largest absolute Gasteiger partial charge is 0.394 e. The Morgan fingerprint density at radius 2 is 1.82 bits per heavy atom. The summed E-state index contributed by atoms with van der Waals surface area (Å²) in [7, 11) is 0. The molecule has 0 spiro atoms. The van der Waals surface area contributed by atoms with Crippen molar-refractivity contribution < 1.29 is 5.11 Å². The molecule has 6 nitrogen and oxygen atoms in total. The Morgan fingerprint density at radius 1 is 1.07 bits per heavy atom. The third-order valence-corrected chi connectivity index (χ3v) is 4.36. The van der Waals surface area contributed by atoms with Crippen molar-refractivity contribution in [3.05, 3.63) is 60.4 Å². The molecule has 1 aromatic carbocycles. The highest BCUT2D eigenvalue weighted by molar-refractivity contribution is 5.67. The summed E-state index contributed by atoms with van der Waals surface area (Å²) in [6.07, 6.45) is 3.50. The van der Waals surface area contributed by atoms with Crippen molar-refractivity contribution in [3.8, 4) is 11.3 Å². The highest BCUT2D eigenvalue weighted by Crippen LogP contribution is 2.26. The molecule has 1 atom stereocenters. The van der Waals surface area contributed by atoms with Crippen LogP contribution in [0.15, 0.2) is 54.9 Å². The monoisotopic (exact) mass is 377 g/mol. The van der Waals surface area contributed by atoms with E-state index in [2.05, 4.69) is 70.6 Å². The molecule has 0 bridgehead atoms. The van der Waals surface area contributed by atoms with Crippen LogP contribution in [0.3, 0.4) is 0 Å². The highest BCUT2D eigenvalue weighted by atomic mass is 16.3. The minimum Gasteiger partial charge on any atom is -0.394 e. The number of aliphatic hydroxyl groups is 1. The Morgan fingerprint density at radius 3 is 2.43 bits per heavy atom. The predicted molar refractivity (Wildman–Crippen MR) is 114 cm³/mol. The topological polar surface area (TPSA) is 83.0 Å². The summed E-state index contributed by atoms with van der Waals surface area (Å²) < 4.78 is 0. The summed E-state index contributed by atoms with van der Waals surface area (Å²) in [5.74, 6) is 1.13. The lowest BCUT2D eigenvalue weighted by atomic mass is 9.87. The molecule has 28 heavy (non-hydrogen) atoms. The molecule has 0 aliphatic carbocycles. The first-order chi connectivity index (χ1) is 13.3. The van der Waals surface area contributed by atoms with Crippen LogP contribution in [0.2, 0.25) is 0 Å². The molecule has 0 amide bonds. The molecule has 0 unspecified atom stereocenters. The fourth-order valence-electron chi connectivity index (χ4n) is 2.71. The Hall–Kier alpha value is -2.99. The summed E-state index contributed by atoms with van der Waals surface area (Å²) in [6, 6.07) is 13.9. The van der Waals surface area contributed by atoms with E-state index in [0.717, 1.165) is 16.9 Å². The normalized spacial score (nSPS) is 12.5. The van der Waals surface area contributed by atoms with Crippen LogP contribution in [-0.2, 0) is 5.41 Å². The van der Waals surface area contributed by atoms with Gasteiger partial charge in [-0.3, -0.25) is 4.98 Å². The Labute approximate surface area is 166 Å². The number of rotatable bonds is 6. The molecule has 0 fully saturated rings. The molecule has 2 heterocycles. The van der Waals surface area contributed by atoms with Crippen LogP contribution in [0.1, 0.15) is 33.3 Å². The van der Waals surface area contributed by atoms with Gasteiger partial charge in [-0.25, -0.2) is 4.98 Å². The molecule has 3 rings (SSSR count). The Bertz CT molecular complexity index is 904. The van der Waals surface area contributed by atoms with Crippen molar-refractivity contribution in [3.63, 3.8) is 0 Å². The quantitative estimate of drug-likeness (QED) is 0.592. The lowest BCUT2D eigenvalue weighted by molar-refractivity contribution is 0.281. The third-order valence-electron chi connectivity index (χ3n) is 4.36. The molecular weight excluding hydrogens is 350 g/mol. The number of benzene rings is 1. The molecule has 3 N–H and O–H groups in total. The number of aromatic nitrogens is 3. The lowest BCUT2D eigenvalue weighted by Gasteiger charge is -2.19. The van der Waals surface area contributed by atoms with E-state index in [0.29, 0.717) is 11.8 Å². The number of hydrogen-bond acceptors (Lipinski definition) is 6. The molecule has 0 saturated carbocycles. The van der Waals surface area contributed by atoms with E-state index in [1.807, 2.05) is 25.1 Å². The van der Waals surface area contributed by atoms with Gasteiger partial charge in [-0.1, -0.05) is 32.9 Å². The molecular formula is C22H27N5O. The molecule has 6 heteroatoms. The van der Waals surface area contributed by atoms with E-state index in [1.54, 1.807) is 12.4 Å². The first-order valence-corrected chi connectivity index (χ1v) is 9.39. The number of anilines is 3. The predicted octanol–water partition coefficient (Wildman–Crippen LogP) is 4.37. The maximum atomic E-state index is 9.33. The van der Waals surface area contributed by atoms with E-state index in [9.17, 15) is 5.11 Å². The summed E-state index contributed by atoms with van der Waals surface area (Å²) in [5, 5.41) is 15.8. The summed E-state index contributed by atoms with van der Waals surface area (Å²) in [6.45, 7) is 8.46. The van der Waals surface area contributed by atoms with Crippen LogP contribution in [0.4, 0.5) is 17.5 Å². The third kappa shape index (κ3) is 5.04. The zero-order chi connectivity index (χ0) is 20.1. The van der Waals surface area contributed by atoms with Crippen molar-refractivity contribution in [2.45, 2.75) is 39.2 Å². The molecule has 0 radical (unpaired) electrons. The maximum absolute atomic E-state index is 9.33. The molecule has 0 aliphatic rings. The summed E-state index contributed by atoms with van der Waals surface area (Å²) in [5.41, 5.74) is 3.99. The van der Waals surface area contributed by atoms with Gasteiger partial charge in [0.05, 0.1) is 12.3 Å². The van der Waals surface area contributed by atoms with Crippen molar-refractivity contribution >= 4 is 17.5 Å². The van der Waals surface area contributed by atoms with E-state index in [-0.39, 0.29) is 18.1 Å². The maximum Gasteiger partial charge on any atom is 0.225 e. The van der Waals surface area contributed by atoms with Gasteiger partial charge in [-0.15, -0.1) is 0 Å². The fourth-order valence-corrected chi connectivity index (χ4v) is 2.71. The number of hydrogen-bond donors (Lipinski definition) is 3. The second kappa shape index (κ2) is 8.35. The zero-order valence-electron chi connectivity index (χ0n) is 16.8. The van der Waals surface area contributed by atoms with Gasteiger partial charge < -0.3 is 15.7 Å². The van der Waals surface area contributed by atoms with Crippen LogP contribution in [0, 0.1) is 0 Å². The van der Waals surface area contributed by atoms with E-state index in [1.165, 1.54) is 5.56 Å². The Balaban J connectivity index is 1.91. The van der Waals surface area contributed by atoms with Gasteiger partial charge in [-0.05, 0) is 42.2 Å².